The summed E-state index contributed by atoms with van der Waals surface area (Å²) in [5.41, 5.74) is 6.50. The predicted octanol–water partition coefficient (Wildman–Crippen LogP) is 2.23. The van der Waals surface area contributed by atoms with Gasteiger partial charge in [0.15, 0.2) is 5.82 Å². The summed E-state index contributed by atoms with van der Waals surface area (Å²) in [7, 11) is 0. The van der Waals surface area contributed by atoms with Crippen LogP contribution >= 0.6 is 11.6 Å². The molecule has 18 heavy (non-hydrogen) atoms. The number of aromatic nitrogens is 3. The third kappa shape index (κ3) is 1.97. The average Bonchev–Trinajstić information content (AvgIpc) is 3.13. The van der Waals surface area contributed by atoms with Crippen molar-refractivity contribution in [3.8, 4) is 11.4 Å². The number of nitrogens with two attached hydrogens (primary N) is 1. The van der Waals surface area contributed by atoms with Crippen molar-refractivity contribution in [2.45, 2.75) is 12.8 Å². The Morgan fingerprint density at radius 2 is 2.00 bits per heavy atom. The van der Waals surface area contributed by atoms with Crippen molar-refractivity contribution in [3.63, 3.8) is 0 Å². The van der Waals surface area contributed by atoms with E-state index in [4.69, 9.17) is 17.3 Å². The lowest BCUT2D eigenvalue weighted by molar-refractivity contribution is 0.0873. The minimum atomic E-state index is -0.0692. The van der Waals surface area contributed by atoms with E-state index in [1.807, 2.05) is 0 Å². The molecular formula is C12H11ClN4O. The highest BCUT2D eigenvalue weighted by Crippen LogP contribution is 2.31. The molecule has 0 spiro atoms. The Morgan fingerprint density at radius 1 is 1.33 bits per heavy atom. The molecule has 0 aliphatic heterocycles. The Labute approximate surface area is 109 Å². The molecule has 2 aromatic rings. The number of hydrogen-bond acceptors (Lipinski definition) is 4. The topological polar surface area (TPSA) is 73.8 Å². The number of nitrogens with zero attached hydrogens (tertiary/aromatic N) is 3. The summed E-state index contributed by atoms with van der Waals surface area (Å²) >= 11 is 5.81. The van der Waals surface area contributed by atoms with Gasteiger partial charge in [0.1, 0.15) is 0 Å². The fourth-order valence-corrected chi connectivity index (χ4v) is 1.84. The molecule has 1 aromatic heterocycles. The maximum Gasteiger partial charge on any atom is 0.253 e. The van der Waals surface area contributed by atoms with Gasteiger partial charge in [-0.15, -0.1) is 5.10 Å². The number of anilines is 1. The molecule has 0 bridgehead atoms. The van der Waals surface area contributed by atoms with Crippen LogP contribution in [0.15, 0.2) is 24.3 Å². The summed E-state index contributed by atoms with van der Waals surface area (Å²) in [6.07, 6.45) is 1.82. The van der Waals surface area contributed by atoms with Crippen LogP contribution in [0.25, 0.3) is 11.4 Å². The van der Waals surface area contributed by atoms with Crippen molar-refractivity contribution in [1.29, 1.82) is 0 Å². The van der Waals surface area contributed by atoms with Crippen LogP contribution in [-0.4, -0.2) is 20.7 Å². The van der Waals surface area contributed by atoms with Crippen LogP contribution in [0, 0.1) is 5.92 Å². The number of halogens is 1. The van der Waals surface area contributed by atoms with Crippen LogP contribution in [-0.2, 0) is 0 Å². The molecule has 0 radical (unpaired) electrons. The van der Waals surface area contributed by atoms with Crippen molar-refractivity contribution < 1.29 is 4.79 Å². The van der Waals surface area contributed by atoms with Crippen LogP contribution in [0.4, 0.5) is 5.95 Å². The molecule has 5 nitrogen and oxygen atoms in total. The molecular weight excluding hydrogens is 252 g/mol. The van der Waals surface area contributed by atoms with Crippen molar-refractivity contribution >= 4 is 23.5 Å². The largest absolute Gasteiger partial charge is 0.368 e. The first-order valence-electron chi connectivity index (χ1n) is 5.68. The maximum absolute atomic E-state index is 11.9. The molecule has 0 atom stereocenters. The Morgan fingerprint density at radius 3 is 2.61 bits per heavy atom. The lowest BCUT2D eigenvalue weighted by Gasteiger charge is -1.97. The van der Waals surface area contributed by atoms with E-state index in [-0.39, 0.29) is 17.8 Å². The monoisotopic (exact) mass is 262 g/mol. The van der Waals surface area contributed by atoms with Gasteiger partial charge in [-0.05, 0) is 37.1 Å². The van der Waals surface area contributed by atoms with E-state index < -0.39 is 0 Å². The molecule has 1 aliphatic rings. The Bertz CT molecular complexity index is 601. The summed E-state index contributed by atoms with van der Waals surface area (Å²) in [6, 6.07) is 7.08. The van der Waals surface area contributed by atoms with E-state index in [1.54, 1.807) is 24.3 Å². The van der Waals surface area contributed by atoms with Gasteiger partial charge in [0.05, 0.1) is 0 Å². The van der Waals surface area contributed by atoms with Gasteiger partial charge in [0.2, 0.25) is 5.95 Å². The molecule has 1 aliphatic carbocycles. The highest BCUT2D eigenvalue weighted by atomic mass is 35.5. The van der Waals surface area contributed by atoms with Gasteiger partial charge in [-0.1, -0.05) is 11.6 Å². The van der Waals surface area contributed by atoms with E-state index in [2.05, 4.69) is 10.1 Å². The van der Waals surface area contributed by atoms with Crippen LogP contribution in [0.5, 0.6) is 0 Å². The quantitative estimate of drug-likeness (QED) is 0.901. The molecule has 1 saturated carbocycles. The second kappa shape index (κ2) is 4.10. The van der Waals surface area contributed by atoms with Gasteiger partial charge in [0, 0.05) is 16.5 Å². The number of benzene rings is 1. The lowest BCUT2D eigenvalue weighted by atomic mass is 10.2. The van der Waals surface area contributed by atoms with Gasteiger partial charge in [-0.3, -0.25) is 4.79 Å². The molecule has 0 amide bonds. The maximum atomic E-state index is 11.9. The smallest absolute Gasteiger partial charge is 0.253 e. The summed E-state index contributed by atoms with van der Waals surface area (Å²) in [4.78, 5) is 16.0. The summed E-state index contributed by atoms with van der Waals surface area (Å²) in [6.45, 7) is 0. The van der Waals surface area contributed by atoms with E-state index in [0.29, 0.717) is 10.8 Å². The van der Waals surface area contributed by atoms with Crippen molar-refractivity contribution in [3.05, 3.63) is 29.3 Å². The van der Waals surface area contributed by atoms with Gasteiger partial charge in [-0.25, -0.2) is 0 Å². The number of nitrogen functional groups attached to an aromatic ring is 1. The summed E-state index contributed by atoms with van der Waals surface area (Å²) in [5, 5.41) is 4.80. The van der Waals surface area contributed by atoms with Crippen molar-refractivity contribution in [1.82, 2.24) is 14.8 Å². The van der Waals surface area contributed by atoms with Crippen molar-refractivity contribution in [2.24, 2.45) is 5.92 Å². The molecule has 1 heterocycles. The second-order valence-corrected chi connectivity index (χ2v) is 4.76. The second-order valence-electron chi connectivity index (χ2n) is 4.32. The van der Waals surface area contributed by atoms with Crippen LogP contribution in [0.2, 0.25) is 5.02 Å². The third-order valence-electron chi connectivity index (χ3n) is 2.87. The van der Waals surface area contributed by atoms with Crippen LogP contribution in [0.3, 0.4) is 0 Å². The highest BCUT2D eigenvalue weighted by Gasteiger charge is 2.33. The molecule has 6 heteroatoms. The van der Waals surface area contributed by atoms with Gasteiger partial charge < -0.3 is 5.73 Å². The minimum absolute atomic E-state index is 0.0621. The first kappa shape index (κ1) is 11.2. The zero-order chi connectivity index (χ0) is 12.7. The average molecular weight is 263 g/mol. The van der Waals surface area contributed by atoms with Crippen molar-refractivity contribution in [2.75, 3.05) is 5.73 Å². The SMILES string of the molecule is Nc1nc(-c2ccc(Cl)cc2)nn1C(=O)C1CC1. The Balaban J connectivity index is 1.96. The predicted molar refractivity (Wildman–Crippen MR) is 68.2 cm³/mol. The first-order valence-corrected chi connectivity index (χ1v) is 6.05. The lowest BCUT2D eigenvalue weighted by Crippen LogP contribution is -2.16. The Hall–Kier alpha value is -1.88. The number of rotatable bonds is 2. The Kier molecular flexibility index (Phi) is 2.56. The zero-order valence-electron chi connectivity index (χ0n) is 9.51. The van der Waals surface area contributed by atoms with E-state index in [1.165, 1.54) is 4.68 Å². The first-order chi connectivity index (χ1) is 8.65. The molecule has 3 rings (SSSR count). The van der Waals surface area contributed by atoms with E-state index >= 15 is 0 Å². The number of carbonyl (C=O) groups is 1. The number of carbonyl (C=O) groups excluding carboxylic acids is 1. The van der Waals surface area contributed by atoms with Crippen LogP contribution in [0.1, 0.15) is 17.6 Å². The summed E-state index contributed by atoms with van der Waals surface area (Å²) < 4.78 is 1.20. The summed E-state index contributed by atoms with van der Waals surface area (Å²) in [5.74, 6) is 0.572. The fraction of sp³-hybridized carbons (Fsp3) is 0.250. The van der Waals surface area contributed by atoms with E-state index in [9.17, 15) is 4.79 Å². The molecule has 0 unspecified atom stereocenters. The van der Waals surface area contributed by atoms with Crippen LogP contribution < -0.4 is 5.73 Å². The molecule has 2 N–H and O–H groups in total. The zero-order valence-corrected chi connectivity index (χ0v) is 10.3. The molecule has 92 valence electrons. The number of hydrogen-bond donors (Lipinski definition) is 1. The van der Waals surface area contributed by atoms with E-state index in [0.717, 1.165) is 18.4 Å². The normalized spacial score (nSPS) is 14.7. The van der Waals surface area contributed by atoms with Gasteiger partial charge >= 0.3 is 0 Å². The molecule has 1 fully saturated rings. The molecule has 1 aromatic carbocycles. The third-order valence-corrected chi connectivity index (χ3v) is 3.12. The highest BCUT2D eigenvalue weighted by molar-refractivity contribution is 6.30. The van der Waals surface area contributed by atoms with Gasteiger partial charge in [-0.2, -0.15) is 9.67 Å². The minimum Gasteiger partial charge on any atom is -0.368 e. The standard InChI is InChI=1S/C12H11ClN4O/c13-9-5-3-7(4-6-9)10-15-12(14)17(16-10)11(18)8-1-2-8/h3-6,8H,1-2H2,(H2,14,15,16). The van der Waals surface area contributed by atoms with Gasteiger partial charge in [0.25, 0.3) is 5.91 Å². The fourth-order valence-electron chi connectivity index (χ4n) is 1.71. The molecule has 0 saturated heterocycles.